The van der Waals surface area contributed by atoms with E-state index in [1.54, 1.807) is 32.6 Å². The highest BCUT2D eigenvalue weighted by Crippen LogP contribution is 2.26. The van der Waals surface area contributed by atoms with E-state index in [4.69, 9.17) is 11.6 Å². The molecule has 1 aliphatic rings. The van der Waals surface area contributed by atoms with Gasteiger partial charge in [0.15, 0.2) is 0 Å². The predicted octanol–water partition coefficient (Wildman–Crippen LogP) is 1.64. The second-order valence-corrected chi connectivity index (χ2v) is 5.70. The summed E-state index contributed by atoms with van der Waals surface area (Å²) in [6.07, 6.45) is 0. The van der Waals surface area contributed by atoms with Gasteiger partial charge in [0.2, 0.25) is 11.8 Å². The molecule has 0 saturated carbocycles. The molecule has 4 nitrogen and oxygen atoms in total. The van der Waals surface area contributed by atoms with Crippen LogP contribution in [0.15, 0.2) is 11.1 Å². The topological polar surface area (TPSA) is 49.4 Å². The first-order valence-corrected chi connectivity index (χ1v) is 5.97. The van der Waals surface area contributed by atoms with E-state index in [9.17, 15) is 9.59 Å². The SMILES string of the molecule is CC(=CCl)CN1C(=O)C(C)(C)NC(=O)C1(C)C. The molecule has 0 unspecified atom stereocenters. The zero-order chi connectivity index (χ0) is 13.4. The highest BCUT2D eigenvalue weighted by molar-refractivity contribution is 6.25. The van der Waals surface area contributed by atoms with Crippen molar-refractivity contribution in [1.82, 2.24) is 10.2 Å². The van der Waals surface area contributed by atoms with Crippen LogP contribution in [0.4, 0.5) is 0 Å². The summed E-state index contributed by atoms with van der Waals surface area (Å²) in [5.74, 6) is -0.246. The fourth-order valence-electron chi connectivity index (χ4n) is 1.76. The van der Waals surface area contributed by atoms with Gasteiger partial charge in [-0.25, -0.2) is 0 Å². The minimum atomic E-state index is -0.862. The molecule has 0 aromatic heterocycles. The van der Waals surface area contributed by atoms with Gasteiger partial charge < -0.3 is 10.2 Å². The van der Waals surface area contributed by atoms with Crippen molar-refractivity contribution in [2.45, 2.75) is 45.7 Å². The normalized spacial score (nSPS) is 23.6. The Morgan fingerprint density at radius 2 is 1.88 bits per heavy atom. The molecule has 1 rings (SSSR count). The number of nitrogens with one attached hydrogen (secondary N) is 1. The minimum absolute atomic E-state index is 0.0973. The van der Waals surface area contributed by atoms with Gasteiger partial charge >= 0.3 is 0 Å². The average molecular weight is 259 g/mol. The monoisotopic (exact) mass is 258 g/mol. The van der Waals surface area contributed by atoms with Gasteiger partial charge in [0.1, 0.15) is 11.1 Å². The Morgan fingerprint density at radius 3 is 2.35 bits per heavy atom. The minimum Gasteiger partial charge on any atom is -0.340 e. The molecule has 1 fully saturated rings. The first-order valence-electron chi connectivity index (χ1n) is 5.53. The van der Waals surface area contributed by atoms with Crippen molar-refractivity contribution in [2.24, 2.45) is 0 Å². The summed E-state index contributed by atoms with van der Waals surface area (Å²) in [5, 5.41) is 2.73. The summed E-state index contributed by atoms with van der Waals surface area (Å²) in [6.45, 7) is 9.07. The number of piperazine rings is 1. The lowest BCUT2D eigenvalue weighted by molar-refractivity contribution is -0.158. The van der Waals surface area contributed by atoms with Crippen molar-refractivity contribution in [1.29, 1.82) is 0 Å². The van der Waals surface area contributed by atoms with Crippen molar-refractivity contribution in [3.8, 4) is 0 Å². The maximum Gasteiger partial charge on any atom is 0.248 e. The lowest BCUT2D eigenvalue weighted by atomic mass is 9.89. The third kappa shape index (κ3) is 2.46. The number of carbonyl (C=O) groups excluding carboxylic acids is 2. The molecular weight excluding hydrogens is 240 g/mol. The number of hydrogen-bond acceptors (Lipinski definition) is 2. The van der Waals surface area contributed by atoms with Crippen molar-refractivity contribution in [3.05, 3.63) is 11.1 Å². The summed E-state index contributed by atoms with van der Waals surface area (Å²) in [5.41, 5.74) is 0.564. The Balaban J connectivity index is 3.11. The maximum atomic E-state index is 12.3. The number of halogens is 1. The summed E-state index contributed by atoms with van der Waals surface area (Å²) in [6, 6.07) is 0. The molecule has 0 aromatic rings. The number of rotatable bonds is 2. The molecule has 0 aromatic carbocycles. The maximum absolute atomic E-state index is 12.3. The third-order valence-electron chi connectivity index (χ3n) is 3.03. The molecule has 0 atom stereocenters. The first-order chi connectivity index (χ1) is 7.63. The van der Waals surface area contributed by atoms with E-state index in [0.29, 0.717) is 6.54 Å². The summed E-state index contributed by atoms with van der Waals surface area (Å²) >= 11 is 5.62. The quantitative estimate of drug-likeness (QED) is 0.819. The Kier molecular flexibility index (Phi) is 3.58. The second-order valence-electron chi connectivity index (χ2n) is 5.48. The highest BCUT2D eigenvalue weighted by atomic mass is 35.5. The van der Waals surface area contributed by atoms with E-state index in [1.807, 2.05) is 6.92 Å². The van der Waals surface area contributed by atoms with Gasteiger partial charge in [0.05, 0.1) is 0 Å². The summed E-state index contributed by atoms with van der Waals surface area (Å²) < 4.78 is 0. The van der Waals surface area contributed by atoms with Gasteiger partial charge in [-0.15, -0.1) is 0 Å². The molecule has 1 aliphatic heterocycles. The molecule has 2 amide bonds. The molecule has 0 spiro atoms. The van der Waals surface area contributed by atoms with Gasteiger partial charge in [0.25, 0.3) is 0 Å². The number of amides is 2. The van der Waals surface area contributed by atoms with Crippen LogP contribution in [0.5, 0.6) is 0 Å². The molecule has 1 saturated heterocycles. The number of nitrogens with zero attached hydrogens (tertiary/aromatic N) is 1. The Hall–Kier alpha value is -1.03. The molecule has 96 valence electrons. The molecule has 17 heavy (non-hydrogen) atoms. The van der Waals surface area contributed by atoms with Crippen molar-refractivity contribution < 1.29 is 9.59 Å². The molecule has 1 N–H and O–H groups in total. The van der Waals surface area contributed by atoms with E-state index >= 15 is 0 Å². The predicted molar refractivity (Wildman–Crippen MR) is 67.6 cm³/mol. The van der Waals surface area contributed by atoms with Crippen LogP contribution in [0.25, 0.3) is 0 Å². The lowest BCUT2D eigenvalue weighted by Gasteiger charge is -2.47. The Labute approximate surface area is 107 Å². The first kappa shape index (κ1) is 14.0. The Morgan fingerprint density at radius 1 is 1.35 bits per heavy atom. The Bertz CT molecular complexity index is 386. The largest absolute Gasteiger partial charge is 0.340 e. The molecular formula is C12H19ClN2O2. The summed E-state index contributed by atoms with van der Waals surface area (Å²) in [7, 11) is 0. The zero-order valence-corrected chi connectivity index (χ0v) is 11.7. The number of carbonyl (C=O) groups is 2. The molecule has 1 heterocycles. The molecule has 5 heteroatoms. The fourth-order valence-corrected chi connectivity index (χ4v) is 1.83. The van der Waals surface area contributed by atoms with Crippen LogP contribution in [0, 0.1) is 0 Å². The molecule has 0 bridgehead atoms. The van der Waals surface area contributed by atoms with Crippen molar-refractivity contribution in [3.63, 3.8) is 0 Å². The van der Waals surface area contributed by atoms with Crippen LogP contribution in [0.2, 0.25) is 0 Å². The average Bonchev–Trinajstić information content (AvgIpc) is 2.21. The van der Waals surface area contributed by atoms with Crippen LogP contribution in [0.3, 0.4) is 0 Å². The van der Waals surface area contributed by atoms with Crippen molar-refractivity contribution >= 4 is 23.4 Å². The lowest BCUT2D eigenvalue weighted by Crippen LogP contribution is -2.72. The van der Waals surface area contributed by atoms with Gasteiger partial charge in [-0.3, -0.25) is 9.59 Å². The third-order valence-corrected chi connectivity index (χ3v) is 3.40. The van der Waals surface area contributed by atoms with E-state index in [-0.39, 0.29) is 11.8 Å². The second kappa shape index (κ2) is 4.33. The van der Waals surface area contributed by atoms with Crippen LogP contribution < -0.4 is 5.32 Å². The van der Waals surface area contributed by atoms with Gasteiger partial charge in [-0.05, 0) is 40.2 Å². The molecule has 0 aliphatic carbocycles. The summed E-state index contributed by atoms with van der Waals surface area (Å²) in [4.78, 5) is 25.9. The molecule has 0 radical (unpaired) electrons. The van der Waals surface area contributed by atoms with Gasteiger partial charge in [0, 0.05) is 12.1 Å². The van der Waals surface area contributed by atoms with Crippen LogP contribution in [0.1, 0.15) is 34.6 Å². The van der Waals surface area contributed by atoms with Crippen LogP contribution in [-0.4, -0.2) is 34.3 Å². The zero-order valence-electron chi connectivity index (χ0n) is 10.9. The fraction of sp³-hybridized carbons (Fsp3) is 0.667. The van der Waals surface area contributed by atoms with E-state index < -0.39 is 11.1 Å². The van der Waals surface area contributed by atoms with E-state index in [2.05, 4.69) is 5.32 Å². The van der Waals surface area contributed by atoms with Gasteiger partial charge in [-0.1, -0.05) is 11.6 Å². The van der Waals surface area contributed by atoms with E-state index in [1.165, 1.54) is 5.54 Å². The van der Waals surface area contributed by atoms with Crippen LogP contribution in [-0.2, 0) is 9.59 Å². The van der Waals surface area contributed by atoms with Crippen LogP contribution >= 0.6 is 11.6 Å². The highest BCUT2D eigenvalue weighted by Gasteiger charge is 2.49. The van der Waals surface area contributed by atoms with Crippen molar-refractivity contribution in [2.75, 3.05) is 6.54 Å². The number of hydrogen-bond donors (Lipinski definition) is 1. The smallest absolute Gasteiger partial charge is 0.248 e. The van der Waals surface area contributed by atoms with Gasteiger partial charge in [-0.2, -0.15) is 0 Å². The van der Waals surface area contributed by atoms with E-state index in [0.717, 1.165) is 5.57 Å². The standard InChI is InChI=1S/C12H19ClN2O2/c1-8(6-13)7-15-10(17)11(2,3)14-9(16)12(15,4)5/h6H,7H2,1-5H3,(H,14,16).